The molecule has 0 saturated heterocycles. The first-order valence-electron chi connectivity index (χ1n) is 8.65. The van der Waals surface area contributed by atoms with Crippen molar-refractivity contribution in [3.05, 3.63) is 66.2 Å². The average Bonchev–Trinajstić information content (AvgIpc) is 2.67. The van der Waals surface area contributed by atoms with Crippen LogP contribution in [-0.2, 0) is 20.9 Å². The van der Waals surface area contributed by atoms with E-state index in [9.17, 15) is 18.0 Å². The van der Waals surface area contributed by atoms with Crippen molar-refractivity contribution >= 4 is 5.91 Å². The summed E-state index contributed by atoms with van der Waals surface area (Å²) in [6.07, 6.45) is -4.69. The van der Waals surface area contributed by atoms with Gasteiger partial charge in [-0.2, -0.15) is 13.2 Å². The fourth-order valence-corrected chi connectivity index (χ4v) is 2.35. The summed E-state index contributed by atoms with van der Waals surface area (Å²) in [5.74, 6) is -0.994. The number of para-hydroxylation sites is 1. The molecule has 0 aliphatic heterocycles. The highest BCUT2D eigenvalue weighted by molar-refractivity contribution is 5.84. The van der Waals surface area contributed by atoms with E-state index < -0.39 is 30.9 Å². The number of carbonyl (C=O) groups excluding carboxylic acids is 1. The Morgan fingerprint density at radius 1 is 0.929 bits per heavy atom. The van der Waals surface area contributed by atoms with Gasteiger partial charge < -0.3 is 19.9 Å². The van der Waals surface area contributed by atoms with Crippen LogP contribution in [0.1, 0.15) is 12.0 Å². The lowest BCUT2D eigenvalue weighted by Gasteiger charge is -2.32. The minimum absolute atomic E-state index is 0.0490. The molecule has 2 aromatic rings. The topological polar surface area (TPSA) is 70.8 Å². The molecular weight excluding hydrogens is 375 g/mol. The second-order valence-corrected chi connectivity index (χ2v) is 6.03. The van der Waals surface area contributed by atoms with Gasteiger partial charge in [0.1, 0.15) is 5.75 Å². The standard InChI is InChI=1S/C20H22F3NO4/c21-20(22,23)19(18(24)25,28-14-16-8-3-1-4-9-16)15-26-12-7-13-27-17-10-5-2-6-11-17/h1-6,8-11H,7,12-15H2,(H2,24,25). The molecule has 1 amide bonds. The zero-order chi connectivity index (χ0) is 20.5. The van der Waals surface area contributed by atoms with Gasteiger partial charge in [-0.3, -0.25) is 4.79 Å². The quantitative estimate of drug-likeness (QED) is 0.590. The summed E-state index contributed by atoms with van der Waals surface area (Å²) < 4.78 is 56.3. The van der Waals surface area contributed by atoms with Crippen molar-refractivity contribution in [1.82, 2.24) is 0 Å². The van der Waals surface area contributed by atoms with E-state index in [0.29, 0.717) is 17.7 Å². The number of primary amides is 1. The fraction of sp³-hybridized carbons (Fsp3) is 0.350. The van der Waals surface area contributed by atoms with Gasteiger partial charge in [0.05, 0.1) is 19.8 Å². The van der Waals surface area contributed by atoms with Crippen LogP contribution in [0.15, 0.2) is 60.7 Å². The SMILES string of the molecule is NC(=O)C(COCCCOc1ccccc1)(OCc1ccccc1)C(F)(F)F. The zero-order valence-electron chi connectivity index (χ0n) is 15.2. The first-order chi connectivity index (χ1) is 13.3. The number of hydrogen-bond donors (Lipinski definition) is 1. The van der Waals surface area contributed by atoms with Crippen LogP contribution in [0.4, 0.5) is 13.2 Å². The Balaban J connectivity index is 1.89. The van der Waals surface area contributed by atoms with Crippen molar-refractivity contribution in [3.8, 4) is 5.75 Å². The molecule has 0 aliphatic rings. The van der Waals surface area contributed by atoms with Crippen LogP contribution in [0.5, 0.6) is 5.75 Å². The maximum Gasteiger partial charge on any atom is 0.428 e. The third-order valence-corrected chi connectivity index (χ3v) is 3.93. The summed E-state index contributed by atoms with van der Waals surface area (Å²) in [6, 6.07) is 17.2. The van der Waals surface area contributed by atoms with E-state index in [4.69, 9.17) is 19.9 Å². The summed E-state index contributed by atoms with van der Waals surface area (Å²) >= 11 is 0. The third-order valence-electron chi connectivity index (χ3n) is 3.93. The number of hydrogen-bond acceptors (Lipinski definition) is 4. The van der Waals surface area contributed by atoms with E-state index in [1.54, 1.807) is 54.6 Å². The molecule has 0 aliphatic carbocycles. The smallest absolute Gasteiger partial charge is 0.428 e. The van der Waals surface area contributed by atoms with Crippen molar-refractivity contribution in [1.29, 1.82) is 0 Å². The number of benzene rings is 2. The molecule has 2 N–H and O–H groups in total. The lowest BCUT2D eigenvalue weighted by Crippen LogP contribution is -2.60. The van der Waals surface area contributed by atoms with E-state index in [1.807, 2.05) is 6.07 Å². The van der Waals surface area contributed by atoms with Gasteiger partial charge in [-0.05, 0) is 17.7 Å². The molecule has 0 fully saturated rings. The van der Waals surface area contributed by atoms with Crippen LogP contribution in [0.25, 0.3) is 0 Å². The largest absolute Gasteiger partial charge is 0.494 e. The van der Waals surface area contributed by atoms with Crippen LogP contribution in [-0.4, -0.2) is 37.5 Å². The molecule has 2 aromatic carbocycles. The number of alkyl halides is 3. The molecule has 1 atom stereocenters. The maximum absolute atomic E-state index is 13.6. The summed E-state index contributed by atoms with van der Waals surface area (Å²) in [5.41, 5.74) is 2.31. The third kappa shape index (κ3) is 5.97. The highest BCUT2D eigenvalue weighted by Crippen LogP contribution is 2.35. The van der Waals surface area contributed by atoms with Crippen molar-refractivity contribution in [2.24, 2.45) is 5.73 Å². The Morgan fingerprint density at radius 2 is 1.54 bits per heavy atom. The normalized spacial score (nSPS) is 13.7. The Labute approximate surface area is 161 Å². The number of halogens is 3. The molecule has 0 saturated carbocycles. The molecule has 28 heavy (non-hydrogen) atoms. The van der Waals surface area contributed by atoms with E-state index in [-0.39, 0.29) is 13.2 Å². The van der Waals surface area contributed by atoms with Gasteiger partial charge in [0.2, 0.25) is 0 Å². The molecule has 152 valence electrons. The number of ether oxygens (including phenoxy) is 3. The van der Waals surface area contributed by atoms with E-state index in [0.717, 1.165) is 0 Å². The first-order valence-corrected chi connectivity index (χ1v) is 8.65. The molecule has 0 aromatic heterocycles. The van der Waals surface area contributed by atoms with E-state index >= 15 is 0 Å². The van der Waals surface area contributed by atoms with Crippen molar-refractivity contribution < 1.29 is 32.2 Å². The van der Waals surface area contributed by atoms with Gasteiger partial charge in [-0.1, -0.05) is 48.5 Å². The Kier molecular flexibility index (Phi) is 7.83. The monoisotopic (exact) mass is 397 g/mol. The molecule has 0 heterocycles. The molecule has 0 spiro atoms. The fourth-order valence-electron chi connectivity index (χ4n) is 2.35. The predicted molar refractivity (Wildman–Crippen MR) is 96.6 cm³/mol. The van der Waals surface area contributed by atoms with E-state index in [2.05, 4.69) is 0 Å². The zero-order valence-corrected chi connectivity index (χ0v) is 15.2. The molecule has 5 nitrogen and oxygen atoms in total. The minimum Gasteiger partial charge on any atom is -0.494 e. The molecule has 8 heteroatoms. The van der Waals surface area contributed by atoms with Crippen LogP contribution in [0.2, 0.25) is 0 Å². The molecule has 1 unspecified atom stereocenters. The Morgan fingerprint density at radius 3 is 2.11 bits per heavy atom. The number of rotatable bonds is 11. The second-order valence-electron chi connectivity index (χ2n) is 6.03. The molecule has 2 rings (SSSR count). The lowest BCUT2D eigenvalue weighted by molar-refractivity contribution is -0.282. The molecule has 0 bridgehead atoms. The maximum atomic E-state index is 13.6. The minimum atomic E-state index is -5.02. The van der Waals surface area contributed by atoms with E-state index in [1.165, 1.54) is 0 Å². The van der Waals surface area contributed by atoms with Crippen molar-refractivity contribution in [2.75, 3.05) is 19.8 Å². The highest BCUT2D eigenvalue weighted by atomic mass is 19.4. The van der Waals surface area contributed by atoms with Crippen LogP contribution in [0.3, 0.4) is 0 Å². The van der Waals surface area contributed by atoms with Gasteiger partial charge in [0, 0.05) is 13.0 Å². The summed E-state index contributed by atoms with van der Waals surface area (Å²) in [6.45, 7) is -1.25. The van der Waals surface area contributed by atoms with Crippen LogP contribution >= 0.6 is 0 Å². The van der Waals surface area contributed by atoms with Gasteiger partial charge in [0.25, 0.3) is 11.5 Å². The van der Waals surface area contributed by atoms with Crippen molar-refractivity contribution in [3.63, 3.8) is 0 Å². The molecular formula is C20H22F3NO4. The summed E-state index contributed by atoms with van der Waals surface area (Å²) in [4.78, 5) is 11.7. The Hall–Kier alpha value is -2.58. The van der Waals surface area contributed by atoms with Gasteiger partial charge in [-0.15, -0.1) is 0 Å². The highest BCUT2D eigenvalue weighted by Gasteiger charge is 2.61. The van der Waals surface area contributed by atoms with Crippen molar-refractivity contribution in [2.45, 2.75) is 24.8 Å². The average molecular weight is 397 g/mol. The van der Waals surface area contributed by atoms with Crippen LogP contribution in [0, 0.1) is 0 Å². The first kappa shape index (κ1) is 21.7. The number of nitrogens with two attached hydrogens (primary N) is 1. The van der Waals surface area contributed by atoms with Crippen LogP contribution < -0.4 is 10.5 Å². The number of carbonyl (C=O) groups is 1. The summed E-state index contributed by atoms with van der Waals surface area (Å²) in [7, 11) is 0. The Bertz CT molecular complexity index is 725. The summed E-state index contributed by atoms with van der Waals surface area (Å²) in [5, 5.41) is 0. The van der Waals surface area contributed by atoms with Gasteiger partial charge in [-0.25, -0.2) is 0 Å². The van der Waals surface area contributed by atoms with Gasteiger partial charge in [0.15, 0.2) is 0 Å². The number of amides is 1. The van der Waals surface area contributed by atoms with Gasteiger partial charge >= 0.3 is 6.18 Å². The molecule has 0 radical (unpaired) electrons. The lowest BCUT2D eigenvalue weighted by atomic mass is 10.0. The second kappa shape index (κ2) is 10.1. The predicted octanol–water partition coefficient (Wildman–Crippen LogP) is 3.48.